The van der Waals surface area contributed by atoms with E-state index in [2.05, 4.69) is 44.2 Å². The summed E-state index contributed by atoms with van der Waals surface area (Å²) in [5.74, 6) is 0. The van der Waals surface area contributed by atoms with Gasteiger partial charge in [-0.05, 0) is 6.92 Å². The molecule has 3 aromatic carbocycles. The maximum absolute atomic E-state index is 4.93. The fourth-order valence-electron chi connectivity index (χ4n) is 1.86. The molecule has 0 aliphatic rings. The van der Waals surface area contributed by atoms with Gasteiger partial charge in [0.25, 0.3) is 0 Å². The van der Waals surface area contributed by atoms with E-state index in [1.54, 1.807) is 0 Å². The predicted molar refractivity (Wildman–Crippen MR) is 89.2 cm³/mol. The molecule has 0 unspecified atom stereocenters. The normalized spacial score (nSPS) is 8.60. The van der Waals surface area contributed by atoms with Gasteiger partial charge in [0, 0.05) is 0 Å². The Balaban J connectivity index is 0.000000339. The molecule has 0 amide bonds. The topological polar surface area (TPSA) is 0 Å². The second-order valence-corrected chi connectivity index (χ2v) is 7.82. The maximum atomic E-state index is 4.93. The van der Waals surface area contributed by atoms with Gasteiger partial charge < -0.3 is 7.43 Å². The minimum absolute atomic E-state index is 0. The van der Waals surface area contributed by atoms with Gasteiger partial charge in [0.1, 0.15) is 0 Å². The Kier molecular flexibility index (Phi) is 11.1. The Morgan fingerprint density at radius 1 is 1.05 bits per heavy atom. The summed E-state index contributed by atoms with van der Waals surface area (Å²) in [6, 6.07) is 20.8. The van der Waals surface area contributed by atoms with Crippen molar-refractivity contribution in [3.05, 3.63) is 79.2 Å². The number of hydrogen-bond donors (Lipinski definition) is 0. The summed E-state index contributed by atoms with van der Waals surface area (Å²) in [7, 11) is 9.87. The van der Waals surface area contributed by atoms with Crippen molar-refractivity contribution in [2.24, 2.45) is 0 Å². The van der Waals surface area contributed by atoms with Crippen LogP contribution < -0.4 is 0 Å². The molecule has 0 atom stereocenters. The minimum atomic E-state index is -0.826. The Morgan fingerprint density at radius 2 is 1.65 bits per heavy atom. The molecule has 20 heavy (non-hydrogen) atoms. The van der Waals surface area contributed by atoms with Crippen LogP contribution in [0.4, 0.5) is 0 Å². The fourth-order valence-corrected chi connectivity index (χ4v) is 1.86. The number of fused-ring (bicyclic) bond motifs is 1. The molecule has 3 heteroatoms. The summed E-state index contributed by atoms with van der Waals surface area (Å²) in [6.45, 7) is 4.31. The van der Waals surface area contributed by atoms with E-state index in [1.165, 1.54) is 21.9 Å². The van der Waals surface area contributed by atoms with Gasteiger partial charge in [0.05, 0.1) is 0 Å². The van der Waals surface area contributed by atoms with Crippen molar-refractivity contribution < 1.29 is 20.8 Å². The molecule has 0 radical (unpaired) electrons. The van der Waals surface area contributed by atoms with Crippen LogP contribution in [0.2, 0.25) is 0 Å². The van der Waals surface area contributed by atoms with E-state index >= 15 is 0 Å². The van der Waals surface area contributed by atoms with Crippen LogP contribution in [0.3, 0.4) is 0 Å². The summed E-state index contributed by atoms with van der Waals surface area (Å²) in [6.07, 6.45) is 0. The van der Waals surface area contributed by atoms with E-state index in [1.807, 2.05) is 30.3 Å². The second-order valence-electron chi connectivity index (χ2n) is 4.09. The first kappa shape index (κ1) is 19.6. The summed E-state index contributed by atoms with van der Waals surface area (Å²) in [5, 5.41) is 2.79. The van der Waals surface area contributed by atoms with Crippen LogP contribution >= 0.6 is 17.0 Å². The molecule has 0 aliphatic carbocycles. The Morgan fingerprint density at radius 3 is 2.10 bits per heavy atom. The first-order valence-electron chi connectivity index (χ1n) is 5.95. The molecule has 0 spiro atoms. The van der Waals surface area contributed by atoms with Crippen molar-refractivity contribution in [1.29, 1.82) is 0 Å². The Bertz CT molecular complexity index is 550. The van der Waals surface area contributed by atoms with E-state index in [9.17, 15) is 0 Å². The first-order valence-corrected chi connectivity index (χ1v) is 12.3. The van der Waals surface area contributed by atoms with E-state index in [4.69, 9.17) is 17.0 Å². The number of hydrogen-bond acceptors (Lipinski definition) is 0. The molecule has 0 aromatic heterocycles. The van der Waals surface area contributed by atoms with E-state index in [0.717, 1.165) is 0 Å². The van der Waals surface area contributed by atoms with E-state index < -0.39 is 20.8 Å². The molecule has 0 saturated heterocycles. The second kappa shape index (κ2) is 11.3. The van der Waals surface area contributed by atoms with Gasteiger partial charge in [-0.15, -0.1) is 28.5 Å². The third-order valence-corrected chi connectivity index (χ3v) is 2.80. The van der Waals surface area contributed by atoms with Crippen LogP contribution in [-0.4, -0.2) is 0 Å². The monoisotopic (exact) mass is 383 g/mol. The third kappa shape index (κ3) is 6.40. The van der Waals surface area contributed by atoms with Gasteiger partial charge in [0.2, 0.25) is 0 Å². The summed E-state index contributed by atoms with van der Waals surface area (Å²) in [5.41, 5.74) is 2.75. The average molecular weight is 385 g/mol. The molecule has 108 valence electrons. The van der Waals surface area contributed by atoms with Crippen molar-refractivity contribution in [2.45, 2.75) is 13.8 Å². The van der Waals surface area contributed by atoms with Crippen LogP contribution in [0.15, 0.2) is 60.7 Å². The van der Waals surface area contributed by atoms with Gasteiger partial charge in [-0.3, -0.25) is 0 Å². The SMILES string of the molecule is Cc1cccc2c1cc[c-]2C.[CH3-].[Cl][Zr][Cl].c1cc[cH-]c1. The zero-order valence-electron chi connectivity index (χ0n) is 12.0. The van der Waals surface area contributed by atoms with Crippen LogP contribution in [0.1, 0.15) is 11.1 Å². The standard InChI is InChI=1S/C11H11.C5H5.CH3.2ClH.Zr/c1-8-4-3-5-10-9(2)6-7-11(8)10;1-2-4-5-3-1;;;;/h3-7H,1-2H3;1-5H;1H3;2*1H;/q3*-1;;;+2/p-2. The molecule has 0 aliphatic heterocycles. The Hall–Kier alpha value is -0.357. The number of halogens is 2. The quantitative estimate of drug-likeness (QED) is 0.392. The van der Waals surface area contributed by atoms with Gasteiger partial charge in [-0.1, -0.05) is 18.6 Å². The van der Waals surface area contributed by atoms with Gasteiger partial charge in [-0.25, -0.2) is 12.1 Å². The van der Waals surface area contributed by atoms with Crippen molar-refractivity contribution >= 4 is 27.8 Å². The van der Waals surface area contributed by atoms with Crippen molar-refractivity contribution in [2.75, 3.05) is 0 Å². The average Bonchev–Trinajstić information content (AvgIpc) is 3.05. The minimum Gasteiger partial charge on any atom is -0.214 e. The number of rotatable bonds is 0. The van der Waals surface area contributed by atoms with Crippen LogP contribution in [0, 0.1) is 21.3 Å². The number of benzene rings is 1. The van der Waals surface area contributed by atoms with Crippen molar-refractivity contribution in [1.82, 2.24) is 0 Å². The van der Waals surface area contributed by atoms with Gasteiger partial charge >= 0.3 is 37.9 Å². The summed E-state index contributed by atoms with van der Waals surface area (Å²) >= 11 is -0.826. The molecular weight excluding hydrogens is 366 g/mol. The van der Waals surface area contributed by atoms with Crippen LogP contribution in [0.5, 0.6) is 0 Å². The van der Waals surface area contributed by atoms with E-state index in [0.29, 0.717) is 0 Å². The van der Waals surface area contributed by atoms with Crippen molar-refractivity contribution in [3.8, 4) is 0 Å². The molecule has 0 saturated carbocycles. The molecular formula is C17H19Cl2Zr-3. The van der Waals surface area contributed by atoms with Gasteiger partial charge in [-0.2, -0.15) is 30.3 Å². The van der Waals surface area contributed by atoms with Gasteiger partial charge in [0.15, 0.2) is 0 Å². The third-order valence-electron chi connectivity index (χ3n) is 2.80. The Labute approximate surface area is 141 Å². The molecule has 0 heterocycles. The van der Waals surface area contributed by atoms with E-state index in [-0.39, 0.29) is 7.43 Å². The molecule has 0 fully saturated rings. The molecule has 0 N–H and O–H groups in total. The largest absolute Gasteiger partial charge is 0.214 e. The van der Waals surface area contributed by atoms with Crippen molar-refractivity contribution in [3.63, 3.8) is 0 Å². The first-order chi connectivity index (χ1) is 9.20. The van der Waals surface area contributed by atoms with Crippen LogP contribution in [0.25, 0.3) is 10.8 Å². The predicted octanol–water partition coefficient (Wildman–Crippen LogP) is 6.41. The molecule has 3 aromatic rings. The smallest absolute Gasteiger partial charge is 0.172 e. The maximum Gasteiger partial charge on any atom is -0.172 e. The fraction of sp³-hybridized carbons (Fsp3) is 0.118. The number of aryl methyl sites for hydroxylation is 2. The molecule has 0 bridgehead atoms. The zero-order chi connectivity index (χ0) is 14.1. The summed E-state index contributed by atoms with van der Waals surface area (Å²) in [4.78, 5) is 0. The molecule has 3 rings (SSSR count). The molecule has 0 nitrogen and oxygen atoms in total. The zero-order valence-corrected chi connectivity index (χ0v) is 16.0. The van der Waals surface area contributed by atoms with Crippen LogP contribution in [-0.2, 0) is 20.8 Å². The summed E-state index contributed by atoms with van der Waals surface area (Å²) < 4.78 is 0.